The first-order chi connectivity index (χ1) is 14.2. The minimum absolute atomic E-state index is 0.0918. The van der Waals surface area contributed by atoms with Gasteiger partial charge in [0, 0.05) is 48.4 Å². The molecule has 1 aromatic heterocycles. The largest absolute Gasteiger partial charge is 0.336 e. The Morgan fingerprint density at radius 2 is 2.17 bits per heavy atom. The fourth-order valence-electron chi connectivity index (χ4n) is 4.32. The van der Waals surface area contributed by atoms with Gasteiger partial charge in [-0.2, -0.15) is 16.9 Å². The van der Waals surface area contributed by atoms with Crippen LogP contribution in [0.15, 0.2) is 24.3 Å². The SMILES string of the molecule is CCn1nc(C(=O)N2CCSCC2)c2c1CCC(NCCc1cccc(F)c1)C2. The summed E-state index contributed by atoms with van der Waals surface area (Å²) < 4.78 is 15.4. The maximum atomic E-state index is 13.4. The number of nitrogens with one attached hydrogen (secondary N) is 1. The number of fused-ring (bicyclic) bond motifs is 1. The number of carbonyl (C=O) groups is 1. The van der Waals surface area contributed by atoms with Crippen LogP contribution in [0.3, 0.4) is 0 Å². The maximum Gasteiger partial charge on any atom is 0.274 e. The van der Waals surface area contributed by atoms with E-state index in [0.717, 1.165) is 74.5 Å². The van der Waals surface area contributed by atoms with Gasteiger partial charge in [-0.3, -0.25) is 9.48 Å². The Hall–Kier alpha value is -1.86. The minimum Gasteiger partial charge on any atom is -0.336 e. The van der Waals surface area contributed by atoms with Crippen LogP contribution < -0.4 is 5.32 Å². The van der Waals surface area contributed by atoms with E-state index in [-0.39, 0.29) is 11.7 Å². The van der Waals surface area contributed by atoms with E-state index in [2.05, 4.69) is 12.2 Å². The first-order valence-corrected chi connectivity index (χ1v) is 11.7. The van der Waals surface area contributed by atoms with Gasteiger partial charge in [0.1, 0.15) is 5.82 Å². The van der Waals surface area contributed by atoms with Crippen molar-refractivity contribution in [2.45, 2.75) is 45.2 Å². The van der Waals surface area contributed by atoms with Crippen molar-refractivity contribution < 1.29 is 9.18 Å². The molecule has 7 heteroatoms. The second kappa shape index (κ2) is 9.30. The summed E-state index contributed by atoms with van der Waals surface area (Å²) in [5, 5.41) is 8.32. The van der Waals surface area contributed by atoms with E-state index in [1.807, 2.05) is 27.4 Å². The van der Waals surface area contributed by atoms with E-state index in [1.54, 1.807) is 12.1 Å². The number of aromatic nitrogens is 2. The molecule has 0 bridgehead atoms. The molecule has 2 aromatic rings. The fraction of sp³-hybridized carbons (Fsp3) is 0.545. The summed E-state index contributed by atoms with van der Waals surface area (Å²) in [6.07, 6.45) is 3.61. The van der Waals surface area contributed by atoms with E-state index in [1.165, 1.54) is 11.8 Å². The van der Waals surface area contributed by atoms with E-state index in [4.69, 9.17) is 5.10 Å². The number of hydrogen-bond donors (Lipinski definition) is 1. The smallest absolute Gasteiger partial charge is 0.274 e. The van der Waals surface area contributed by atoms with Gasteiger partial charge in [0.2, 0.25) is 0 Å². The number of thioether (sulfide) groups is 1. The Morgan fingerprint density at radius 3 is 2.93 bits per heavy atom. The third-order valence-corrected chi connectivity index (χ3v) is 6.83. The van der Waals surface area contributed by atoms with Crippen LogP contribution in [0.25, 0.3) is 0 Å². The van der Waals surface area contributed by atoms with Crippen molar-refractivity contribution >= 4 is 17.7 Å². The molecule has 1 aliphatic carbocycles. The maximum absolute atomic E-state index is 13.4. The van der Waals surface area contributed by atoms with Crippen LogP contribution in [0.1, 0.15) is 40.7 Å². The fourth-order valence-corrected chi connectivity index (χ4v) is 5.23. The third kappa shape index (κ3) is 4.67. The van der Waals surface area contributed by atoms with Crippen LogP contribution in [0.2, 0.25) is 0 Å². The molecule has 1 unspecified atom stereocenters. The predicted molar refractivity (Wildman–Crippen MR) is 115 cm³/mol. The molecule has 5 nitrogen and oxygen atoms in total. The van der Waals surface area contributed by atoms with Gasteiger partial charge in [-0.1, -0.05) is 12.1 Å². The zero-order chi connectivity index (χ0) is 20.2. The summed E-state index contributed by atoms with van der Waals surface area (Å²) in [6, 6.07) is 7.12. The van der Waals surface area contributed by atoms with Gasteiger partial charge in [0.15, 0.2) is 5.69 Å². The van der Waals surface area contributed by atoms with Crippen molar-refractivity contribution in [1.82, 2.24) is 20.0 Å². The summed E-state index contributed by atoms with van der Waals surface area (Å²) in [6.45, 7) is 5.31. The zero-order valence-electron chi connectivity index (χ0n) is 17.0. The van der Waals surface area contributed by atoms with E-state index in [9.17, 15) is 9.18 Å². The number of halogens is 1. The molecule has 1 atom stereocenters. The van der Waals surface area contributed by atoms with Crippen LogP contribution in [0, 0.1) is 5.82 Å². The summed E-state index contributed by atoms with van der Waals surface area (Å²) in [7, 11) is 0. The Balaban J connectivity index is 1.43. The number of rotatable bonds is 6. The topological polar surface area (TPSA) is 50.2 Å². The van der Waals surface area contributed by atoms with Crippen molar-refractivity contribution in [2.75, 3.05) is 31.1 Å². The van der Waals surface area contributed by atoms with Gasteiger partial charge in [-0.05, 0) is 56.8 Å². The van der Waals surface area contributed by atoms with Crippen molar-refractivity contribution in [3.05, 3.63) is 52.6 Å². The molecule has 2 heterocycles. The highest BCUT2D eigenvalue weighted by Gasteiger charge is 2.31. The van der Waals surface area contributed by atoms with Gasteiger partial charge in [0.25, 0.3) is 5.91 Å². The monoisotopic (exact) mass is 416 g/mol. The first-order valence-electron chi connectivity index (χ1n) is 10.6. The molecule has 1 N–H and O–H groups in total. The molecule has 156 valence electrons. The van der Waals surface area contributed by atoms with Gasteiger partial charge >= 0.3 is 0 Å². The minimum atomic E-state index is -0.184. The predicted octanol–water partition coefficient (Wildman–Crippen LogP) is 2.92. The van der Waals surface area contributed by atoms with Crippen molar-refractivity contribution in [2.24, 2.45) is 0 Å². The molecule has 1 saturated heterocycles. The number of hydrogen-bond acceptors (Lipinski definition) is 4. The van der Waals surface area contributed by atoms with Crippen molar-refractivity contribution in [1.29, 1.82) is 0 Å². The van der Waals surface area contributed by atoms with E-state index >= 15 is 0 Å². The van der Waals surface area contributed by atoms with Crippen LogP contribution in [-0.4, -0.2) is 57.8 Å². The highest BCUT2D eigenvalue weighted by Crippen LogP contribution is 2.26. The van der Waals surface area contributed by atoms with Gasteiger partial charge in [-0.15, -0.1) is 0 Å². The zero-order valence-corrected chi connectivity index (χ0v) is 17.8. The Bertz CT molecular complexity index is 862. The third-order valence-electron chi connectivity index (χ3n) is 5.88. The van der Waals surface area contributed by atoms with Crippen molar-refractivity contribution in [3.8, 4) is 0 Å². The molecular weight excluding hydrogens is 387 g/mol. The lowest BCUT2D eigenvalue weighted by molar-refractivity contribution is 0.0764. The van der Waals surface area contributed by atoms with Gasteiger partial charge in [-0.25, -0.2) is 4.39 Å². The summed E-state index contributed by atoms with van der Waals surface area (Å²) in [4.78, 5) is 15.1. The highest BCUT2D eigenvalue weighted by molar-refractivity contribution is 7.99. The average molecular weight is 417 g/mol. The van der Waals surface area contributed by atoms with Crippen LogP contribution >= 0.6 is 11.8 Å². The molecule has 29 heavy (non-hydrogen) atoms. The lowest BCUT2D eigenvalue weighted by Crippen LogP contribution is -2.40. The molecule has 0 radical (unpaired) electrons. The molecule has 1 fully saturated rings. The molecule has 0 spiro atoms. The molecule has 1 amide bonds. The number of nitrogens with zero attached hydrogens (tertiary/aromatic N) is 3. The Kier molecular flexibility index (Phi) is 6.55. The van der Waals surface area contributed by atoms with Gasteiger partial charge < -0.3 is 10.2 Å². The lowest BCUT2D eigenvalue weighted by Gasteiger charge is -2.27. The van der Waals surface area contributed by atoms with Crippen molar-refractivity contribution in [3.63, 3.8) is 0 Å². The van der Waals surface area contributed by atoms with Gasteiger partial charge in [0.05, 0.1) is 0 Å². The second-order valence-electron chi connectivity index (χ2n) is 7.77. The molecule has 1 aromatic carbocycles. The second-order valence-corrected chi connectivity index (χ2v) is 8.99. The number of amides is 1. The number of carbonyl (C=O) groups excluding carboxylic acids is 1. The molecule has 4 rings (SSSR count). The van der Waals surface area contributed by atoms with E-state index in [0.29, 0.717) is 11.7 Å². The van der Waals surface area contributed by atoms with Crippen LogP contribution in [0.4, 0.5) is 4.39 Å². The summed E-state index contributed by atoms with van der Waals surface area (Å²) in [5.41, 5.74) is 4.02. The highest BCUT2D eigenvalue weighted by atomic mass is 32.2. The first kappa shape index (κ1) is 20.4. The lowest BCUT2D eigenvalue weighted by atomic mass is 9.91. The normalized spacial score (nSPS) is 19.2. The summed E-state index contributed by atoms with van der Waals surface area (Å²) in [5.74, 6) is 1.92. The van der Waals surface area contributed by atoms with E-state index < -0.39 is 0 Å². The Labute approximate surface area is 176 Å². The average Bonchev–Trinajstić information content (AvgIpc) is 3.12. The van der Waals surface area contributed by atoms with Crippen LogP contribution in [0.5, 0.6) is 0 Å². The molecular formula is C22H29FN4OS. The molecule has 1 aliphatic heterocycles. The Morgan fingerprint density at radius 1 is 1.34 bits per heavy atom. The quantitative estimate of drug-likeness (QED) is 0.787. The molecule has 2 aliphatic rings. The number of benzene rings is 1. The molecule has 0 saturated carbocycles. The number of aryl methyl sites for hydroxylation is 1. The standard InChI is InChI=1S/C22H29FN4OS/c1-2-27-20-7-6-18(24-9-8-16-4-3-5-17(23)14-16)15-19(20)21(25-27)22(28)26-10-12-29-13-11-26/h3-5,14,18,24H,2,6-13,15H2,1H3. The summed E-state index contributed by atoms with van der Waals surface area (Å²) >= 11 is 1.91. The van der Waals surface area contributed by atoms with Crippen LogP contribution in [-0.2, 0) is 25.8 Å².